The predicted molar refractivity (Wildman–Crippen MR) is 101 cm³/mol. The van der Waals surface area contributed by atoms with Crippen LogP contribution < -0.4 is 0 Å². The summed E-state index contributed by atoms with van der Waals surface area (Å²) in [6, 6.07) is 3.60. The van der Waals surface area contributed by atoms with E-state index in [4.69, 9.17) is 4.74 Å². The summed E-state index contributed by atoms with van der Waals surface area (Å²) in [4.78, 5) is 14.0. The zero-order valence-corrected chi connectivity index (χ0v) is 17.3. The van der Waals surface area contributed by atoms with Crippen LogP contribution >= 0.6 is 15.9 Å². The lowest BCUT2D eigenvalue weighted by Gasteiger charge is -2.30. The standard InChI is InChI=1S/C19H23BrFN3O2/c1-11-8-13(9-12(2)16(11)21)17-15(20)14-10-23(6-7-24(14)22-17)18(25)26-19(3,4)5/h8-9H,6-7,10H2,1-5H3. The lowest BCUT2D eigenvalue weighted by Crippen LogP contribution is -2.41. The van der Waals surface area contributed by atoms with Crippen LogP contribution in [-0.4, -0.2) is 32.9 Å². The van der Waals surface area contributed by atoms with E-state index in [1.54, 1.807) is 30.9 Å². The van der Waals surface area contributed by atoms with Crippen LogP contribution in [0.5, 0.6) is 0 Å². The Morgan fingerprint density at radius 1 is 1.23 bits per heavy atom. The molecular weight excluding hydrogens is 401 g/mol. The van der Waals surface area contributed by atoms with E-state index in [0.717, 1.165) is 21.4 Å². The third-order valence-electron chi connectivity index (χ3n) is 4.28. The van der Waals surface area contributed by atoms with Gasteiger partial charge in [0, 0.05) is 12.1 Å². The Bertz CT molecular complexity index is 847. The highest BCUT2D eigenvalue weighted by Crippen LogP contribution is 2.34. The first-order chi connectivity index (χ1) is 12.1. The van der Waals surface area contributed by atoms with Gasteiger partial charge in [0.1, 0.15) is 17.1 Å². The van der Waals surface area contributed by atoms with Crippen molar-refractivity contribution in [3.05, 3.63) is 39.2 Å². The topological polar surface area (TPSA) is 47.4 Å². The molecule has 0 atom stereocenters. The van der Waals surface area contributed by atoms with Crippen LogP contribution in [0.25, 0.3) is 11.3 Å². The molecule has 2 heterocycles. The Hall–Kier alpha value is -1.89. The molecule has 140 valence electrons. The Labute approximate surface area is 161 Å². The first kappa shape index (κ1) is 18.9. The molecule has 0 radical (unpaired) electrons. The largest absolute Gasteiger partial charge is 0.444 e. The molecule has 0 N–H and O–H groups in total. The van der Waals surface area contributed by atoms with Gasteiger partial charge in [-0.15, -0.1) is 0 Å². The summed E-state index contributed by atoms with van der Waals surface area (Å²) < 4.78 is 22.1. The van der Waals surface area contributed by atoms with Gasteiger partial charge in [-0.05, 0) is 73.8 Å². The van der Waals surface area contributed by atoms with Crippen molar-refractivity contribution in [1.82, 2.24) is 14.7 Å². The quantitative estimate of drug-likeness (QED) is 0.660. The van der Waals surface area contributed by atoms with E-state index in [1.165, 1.54) is 0 Å². The number of hydrogen-bond acceptors (Lipinski definition) is 3. The van der Waals surface area contributed by atoms with Crippen molar-refractivity contribution in [2.75, 3.05) is 6.54 Å². The number of carbonyl (C=O) groups excluding carboxylic acids is 1. The van der Waals surface area contributed by atoms with Gasteiger partial charge >= 0.3 is 6.09 Å². The molecule has 0 aliphatic carbocycles. The number of halogens is 2. The van der Waals surface area contributed by atoms with Crippen molar-refractivity contribution in [1.29, 1.82) is 0 Å². The van der Waals surface area contributed by atoms with Crippen molar-refractivity contribution in [2.45, 2.75) is 53.3 Å². The van der Waals surface area contributed by atoms with Crippen LogP contribution in [0.1, 0.15) is 37.6 Å². The Kier molecular flexibility index (Phi) is 4.86. The van der Waals surface area contributed by atoms with Crippen molar-refractivity contribution < 1.29 is 13.9 Å². The zero-order valence-electron chi connectivity index (χ0n) is 15.7. The van der Waals surface area contributed by atoms with E-state index in [9.17, 15) is 9.18 Å². The minimum absolute atomic E-state index is 0.190. The third kappa shape index (κ3) is 3.63. The number of rotatable bonds is 1. The second kappa shape index (κ2) is 6.68. The maximum absolute atomic E-state index is 13.9. The molecule has 0 saturated heterocycles. The average Bonchev–Trinajstić information content (AvgIpc) is 2.87. The summed E-state index contributed by atoms with van der Waals surface area (Å²) in [7, 11) is 0. The molecule has 1 aromatic carbocycles. The minimum atomic E-state index is -0.527. The lowest BCUT2D eigenvalue weighted by molar-refractivity contribution is 0.0194. The fourth-order valence-electron chi connectivity index (χ4n) is 3.04. The monoisotopic (exact) mass is 423 g/mol. The highest BCUT2D eigenvalue weighted by atomic mass is 79.9. The Morgan fingerprint density at radius 3 is 2.42 bits per heavy atom. The maximum atomic E-state index is 13.9. The third-order valence-corrected chi connectivity index (χ3v) is 5.11. The van der Waals surface area contributed by atoms with Gasteiger partial charge in [0.15, 0.2) is 0 Å². The maximum Gasteiger partial charge on any atom is 0.410 e. The number of fused-ring (bicyclic) bond motifs is 1. The number of benzene rings is 1. The molecule has 2 aromatic rings. The molecule has 5 nitrogen and oxygen atoms in total. The minimum Gasteiger partial charge on any atom is -0.444 e. The molecule has 1 amide bonds. The van der Waals surface area contributed by atoms with E-state index in [1.807, 2.05) is 25.5 Å². The normalized spacial score (nSPS) is 14.3. The SMILES string of the molecule is Cc1cc(-c2nn3c(c2Br)CN(C(=O)OC(C)(C)C)CC3)cc(C)c1F. The van der Waals surface area contributed by atoms with Gasteiger partial charge in [-0.3, -0.25) is 4.68 Å². The van der Waals surface area contributed by atoms with Gasteiger partial charge in [-0.2, -0.15) is 5.10 Å². The summed E-state index contributed by atoms with van der Waals surface area (Å²) >= 11 is 3.62. The average molecular weight is 424 g/mol. The molecule has 0 unspecified atom stereocenters. The van der Waals surface area contributed by atoms with Crippen LogP contribution in [0.15, 0.2) is 16.6 Å². The second-order valence-electron chi connectivity index (χ2n) is 7.66. The molecule has 0 bridgehead atoms. The van der Waals surface area contributed by atoms with Gasteiger partial charge < -0.3 is 9.64 Å². The highest BCUT2D eigenvalue weighted by Gasteiger charge is 2.29. The molecular formula is C19H23BrFN3O2. The molecule has 0 saturated carbocycles. The van der Waals surface area contributed by atoms with E-state index in [0.29, 0.717) is 30.8 Å². The first-order valence-electron chi connectivity index (χ1n) is 8.57. The molecule has 1 aliphatic heterocycles. The van der Waals surface area contributed by atoms with Crippen molar-refractivity contribution in [3.8, 4) is 11.3 Å². The fraction of sp³-hybridized carbons (Fsp3) is 0.474. The van der Waals surface area contributed by atoms with Crippen LogP contribution in [0.4, 0.5) is 9.18 Å². The first-order valence-corrected chi connectivity index (χ1v) is 9.36. The summed E-state index contributed by atoms with van der Waals surface area (Å²) in [6.07, 6.45) is -0.327. The number of aryl methyl sites for hydroxylation is 2. The molecule has 1 aromatic heterocycles. The smallest absolute Gasteiger partial charge is 0.410 e. The molecule has 3 rings (SSSR count). The number of ether oxygens (including phenoxy) is 1. The van der Waals surface area contributed by atoms with Crippen molar-refractivity contribution in [2.24, 2.45) is 0 Å². The Morgan fingerprint density at radius 2 is 1.85 bits per heavy atom. The number of nitrogens with zero attached hydrogens (tertiary/aromatic N) is 3. The second-order valence-corrected chi connectivity index (χ2v) is 8.45. The summed E-state index contributed by atoms with van der Waals surface area (Å²) in [6.45, 7) is 10.6. The molecule has 1 aliphatic rings. The number of hydrogen-bond donors (Lipinski definition) is 0. The van der Waals surface area contributed by atoms with Gasteiger partial charge in [-0.1, -0.05) is 0 Å². The predicted octanol–water partition coefficient (Wildman–Crippen LogP) is 4.82. The van der Waals surface area contributed by atoms with E-state index in [-0.39, 0.29) is 11.9 Å². The van der Waals surface area contributed by atoms with E-state index < -0.39 is 5.60 Å². The van der Waals surface area contributed by atoms with Crippen LogP contribution in [0, 0.1) is 19.7 Å². The lowest BCUT2D eigenvalue weighted by atomic mass is 10.0. The van der Waals surface area contributed by atoms with Crippen LogP contribution in [-0.2, 0) is 17.8 Å². The number of amides is 1. The molecule has 0 spiro atoms. The van der Waals surface area contributed by atoms with E-state index >= 15 is 0 Å². The van der Waals surface area contributed by atoms with Crippen molar-refractivity contribution in [3.63, 3.8) is 0 Å². The number of aromatic nitrogens is 2. The Balaban J connectivity index is 1.91. The summed E-state index contributed by atoms with van der Waals surface area (Å²) in [5.41, 5.74) is 3.19. The van der Waals surface area contributed by atoms with Gasteiger partial charge in [0.2, 0.25) is 0 Å². The van der Waals surface area contributed by atoms with Crippen LogP contribution in [0.2, 0.25) is 0 Å². The zero-order chi connectivity index (χ0) is 19.2. The van der Waals surface area contributed by atoms with Gasteiger partial charge in [0.05, 0.1) is 23.3 Å². The fourth-order valence-corrected chi connectivity index (χ4v) is 3.67. The van der Waals surface area contributed by atoms with Crippen molar-refractivity contribution >= 4 is 22.0 Å². The highest BCUT2D eigenvalue weighted by molar-refractivity contribution is 9.10. The van der Waals surface area contributed by atoms with E-state index in [2.05, 4.69) is 21.0 Å². The molecule has 0 fully saturated rings. The molecule has 26 heavy (non-hydrogen) atoms. The van der Waals surface area contributed by atoms with Gasteiger partial charge in [0.25, 0.3) is 0 Å². The van der Waals surface area contributed by atoms with Gasteiger partial charge in [-0.25, -0.2) is 9.18 Å². The van der Waals surface area contributed by atoms with Crippen LogP contribution in [0.3, 0.4) is 0 Å². The molecule has 7 heteroatoms. The summed E-state index contributed by atoms with van der Waals surface area (Å²) in [5, 5.41) is 4.67. The number of carbonyl (C=O) groups is 1. The summed E-state index contributed by atoms with van der Waals surface area (Å²) in [5.74, 6) is -0.190.